The van der Waals surface area contributed by atoms with E-state index in [9.17, 15) is 9.90 Å². The molecule has 0 aliphatic rings. The third kappa shape index (κ3) is 3.34. The van der Waals surface area contributed by atoms with E-state index >= 15 is 0 Å². The minimum Gasteiger partial charge on any atom is -0.507 e. The van der Waals surface area contributed by atoms with Gasteiger partial charge in [-0.05, 0) is 30.3 Å². The molecule has 0 saturated carbocycles. The number of carbonyl (C=O) groups is 1. The van der Waals surface area contributed by atoms with E-state index in [0.717, 1.165) is 0 Å². The van der Waals surface area contributed by atoms with Crippen LogP contribution < -0.4 is 11.1 Å². The number of anilines is 1. The first kappa shape index (κ1) is 14.5. The molecule has 102 valence electrons. The number of hydrogen-bond acceptors (Lipinski definition) is 3. The molecule has 0 spiro atoms. The van der Waals surface area contributed by atoms with Crippen LogP contribution in [0.5, 0.6) is 5.75 Å². The highest BCUT2D eigenvalue weighted by atomic mass is 79.9. The highest BCUT2D eigenvalue weighted by molar-refractivity contribution is 9.10. The summed E-state index contributed by atoms with van der Waals surface area (Å²) in [5.74, 6) is -0.500. The third-order valence-corrected chi connectivity index (χ3v) is 3.34. The number of aromatic hydroxyl groups is 1. The number of hydrogen-bond donors (Lipinski definition) is 3. The molecule has 1 amide bonds. The predicted molar refractivity (Wildman–Crippen MR) is 86.1 cm³/mol. The number of carbonyl (C=O) groups excluding carboxylic acids is 1. The molecule has 0 aliphatic carbocycles. The molecule has 2 aromatic rings. The van der Waals surface area contributed by atoms with Crippen LogP contribution in [0, 0.1) is 0 Å². The number of nitrogens with one attached hydrogen (secondary N) is 1. The molecule has 20 heavy (non-hydrogen) atoms. The Balaban J connectivity index is 2.25. The molecule has 0 aromatic heterocycles. The van der Waals surface area contributed by atoms with Gasteiger partial charge in [0.2, 0.25) is 0 Å². The lowest BCUT2D eigenvalue weighted by Gasteiger charge is -2.08. The van der Waals surface area contributed by atoms with Crippen molar-refractivity contribution in [2.45, 2.75) is 0 Å². The smallest absolute Gasteiger partial charge is 0.259 e. The number of amides is 1. The van der Waals surface area contributed by atoms with Crippen molar-refractivity contribution in [3.8, 4) is 5.75 Å². The molecule has 0 unspecified atom stereocenters. The van der Waals surface area contributed by atoms with Crippen LogP contribution in [0.2, 0.25) is 0 Å². The zero-order chi connectivity index (χ0) is 14.7. The van der Waals surface area contributed by atoms with Crippen molar-refractivity contribution in [2.75, 3.05) is 5.32 Å². The van der Waals surface area contributed by atoms with Gasteiger partial charge in [0.15, 0.2) is 0 Å². The molecule has 0 bridgehead atoms. The van der Waals surface area contributed by atoms with Gasteiger partial charge in [-0.25, -0.2) is 0 Å². The summed E-state index contributed by atoms with van der Waals surface area (Å²) in [5.41, 5.74) is 6.94. The minimum absolute atomic E-state index is 0.0869. The zero-order valence-corrected chi connectivity index (χ0v) is 12.7. The fourth-order valence-corrected chi connectivity index (χ4v) is 2.13. The van der Waals surface area contributed by atoms with Crippen LogP contribution in [-0.2, 0) is 0 Å². The Morgan fingerprint density at radius 2 is 2.00 bits per heavy atom. The molecule has 0 saturated heterocycles. The summed E-state index contributed by atoms with van der Waals surface area (Å²) in [5, 5.41) is 12.4. The molecular weight excluding hydrogens is 340 g/mol. The average Bonchev–Trinajstić information content (AvgIpc) is 2.41. The van der Waals surface area contributed by atoms with Crippen molar-refractivity contribution in [1.29, 1.82) is 0 Å². The Morgan fingerprint density at radius 1 is 1.25 bits per heavy atom. The Labute approximate surface area is 129 Å². The van der Waals surface area contributed by atoms with Crippen molar-refractivity contribution in [2.24, 2.45) is 5.73 Å². The Morgan fingerprint density at radius 3 is 2.70 bits per heavy atom. The van der Waals surface area contributed by atoms with E-state index in [2.05, 4.69) is 21.2 Å². The van der Waals surface area contributed by atoms with Crippen LogP contribution in [0.15, 0.2) is 46.9 Å². The van der Waals surface area contributed by atoms with E-state index in [4.69, 9.17) is 18.0 Å². The lowest BCUT2D eigenvalue weighted by molar-refractivity contribution is 0.102. The lowest BCUT2D eigenvalue weighted by Crippen LogP contribution is -2.14. The number of rotatable bonds is 3. The van der Waals surface area contributed by atoms with Crippen molar-refractivity contribution in [3.63, 3.8) is 0 Å². The third-order valence-electron chi connectivity index (χ3n) is 2.61. The van der Waals surface area contributed by atoms with Crippen LogP contribution >= 0.6 is 28.1 Å². The summed E-state index contributed by atoms with van der Waals surface area (Å²) in [7, 11) is 0. The number of nitrogens with two attached hydrogens (primary N) is 1. The maximum Gasteiger partial charge on any atom is 0.259 e. The van der Waals surface area contributed by atoms with Gasteiger partial charge in [-0.2, -0.15) is 0 Å². The fraction of sp³-hybridized carbons (Fsp3) is 0. The summed E-state index contributed by atoms with van der Waals surface area (Å²) in [6, 6.07) is 11.5. The van der Waals surface area contributed by atoms with Crippen LogP contribution in [0.25, 0.3) is 0 Å². The predicted octanol–water partition coefficient (Wildman–Crippen LogP) is 3.04. The van der Waals surface area contributed by atoms with Gasteiger partial charge >= 0.3 is 0 Å². The molecule has 0 fully saturated rings. The monoisotopic (exact) mass is 350 g/mol. The SMILES string of the molecule is NC(=S)c1cccc(NC(=O)c2cc(Br)ccc2O)c1. The second kappa shape index (κ2) is 6.02. The molecule has 0 radical (unpaired) electrons. The van der Waals surface area contributed by atoms with Gasteiger partial charge in [0, 0.05) is 15.7 Å². The van der Waals surface area contributed by atoms with E-state index in [-0.39, 0.29) is 16.3 Å². The summed E-state index contributed by atoms with van der Waals surface area (Å²) in [6.07, 6.45) is 0. The molecule has 2 rings (SSSR count). The number of thiocarbonyl (C=S) groups is 1. The number of benzene rings is 2. The number of phenols is 1. The van der Waals surface area contributed by atoms with E-state index in [1.165, 1.54) is 6.07 Å². The topological polar surface area (TPSA) is 75.3 Å². The van der Waals surface area contributed by atoms with Crippen LogP contribution in [-0.4, -0.2) is 16.0 Å². The molecular formula is C14H11BrN2O2S. The molecule has 2 aromatic carbocycles. The molecule has 4 nitrogen and oxygen atoms in total. The van der Waals surface area contributed by atoms with Crippen molar-refractivity contribution < 1.29 is 9.90 Å². The molecule has 0 atom stereocenters. The summed E-state index contributed by atoms with van der Waals surface area (Å²) < 4.78 is 0.706. The lowest BCUT2D eigenvalue weighted by atomic mass is 10.1. The van der Waals surface area contributed by atoms with Gasteiger partial charge in [-0.1, -0.05) is 40.3 Å². The first-order valence-electron chi connectivity index (χ1n) is 5.67. The van der Waals surface area contributed by atoms with Crippen molar-refractivity contribution >= 4 is 44.7 Å². The molecule has 0 heterocycles. The maximum atomic E-state index is 12.1. The van der Waals surface area contributed by atoms with Gasteiger partial charge < -0.3 is 16.2 Å². The van der Waals surface area contributed by atoms with Gasteiger partial charge in [-0.15, -0.1) is 0 Å². The largest absolute Gasteiger partial charge is 0.507 e. The van der Waals surface area contributed by atoms with E-state index in [0.29, 0.717) is 15.7 Å². The van der Waals surface area contributed by atoms with Crippen LogP contribution in [0.3, 0.4) is 0 Å². The first-order valence-corrected chi connectivity index (χ1v) is 6.87. The molecule has 6 heteroatoms. The Kier molecular flexibility index (Phi) is 4.36. The quantitative estimate of drug-likeness (QED) is 0.743. The summed E-state index contributed by atoms with van der Waals surface area (Å²) in [6.45, 7) is 0. The summed E-state index contributed by atoms with van der Waals surface area (Å²) >= 11 is 8.14. The Hall–Kier alpha value is -1.92. The van der Waals surface area contributed by atoms with Gasteiger partial charge in [0.1, 0.15) is 10.7 Å². The normalized spacial score (nSPS) is 10.1. The van der Waals surface area contributed by atoms with Gasteiger partial charge in [0.25, 0.3) is 5.91 Å². The average molecular weight is 351 g/mol. The van der Waals surface area contributed by atoms with Gasteiger partial charge in [-0.3, -0.25) is 4.79 Å². The van der Waals surface area contributed by atoms with Gasteiger partial charge in [0.05, 0.1) is 5.56 Å². The highest BCUT2D eigenvalue weighted by Gasteiger charge is 2.12. The van der Waals surface area contributed by atoms with E-state index in [1.54, 1.807) is 36.4 Å². The van der Waals surface area contributed by atoms with E-state index in [1.807, 2.05) is 0 Å². The molecule has 0 aliphatic heterocycles. The number of halogens is 1. The van der Waals surface area contributed by atoms with E-state index < -0.39 is 5.91 Å². The maximum absolute atomic E-state index is 12.1. The minimum atomic E-state index is -0.413. The number of phenolic OH excluding ortho intramolecular Hbond substituents is 1. The van der Waals surface area contributed by atoms with Crippen LogP contribution in [0.1, 0.15) is 15.9 Å². The fourth-order valence-electron chi connectivity index (χ4n) is 1.64. The second-order valence-corrected chi connectivity index (χ2v) is 5.42. The van der Waals surface area contributed by atoms with Crippen molar-refractivity contribution in [1.82, 2.24) is 0 Å². The highest BCUT2D eigenvalue weighted by Crippen LogP contribution is 2.23. The molecule has 4 N–H and O–H groups in total. The van der Waals surface area contributed by atoms with Crippen LogP contribution in [0.4, 0.5) is 5.69 Å². The zero-order valence-electron chi connectivity index (χ0n) is 10.3. The standard InChI is InChI=1S/C14H11BrN2O2S/c15-9-4-5-12(18)11(7-9)14(19)17-10-3-1-2-8(6-10)13(16)20/h1-7,18H,(H2,16,20)(H,17,19). The summed E-state index contributed by atoms with van der Waals surface area (Å²) in [4.78, 5) is 12.4. The van der Waals surface area contributed by atoms with Crippen molar-refractivity contribution in [3.05, 3.63) is 58.1 Å². The first-order chi connectivity index (χ1) is 9.47. The second-order valence-electron chi connectivity index (χ2n) is 4.06. The Bertz CT molecular complexity index is 689.